The lowest BCUT2D eigenvalue weighted by Crippen LogP contribution is -2.43. The maximum atomic E-state index is 9.71. The van der Waals surface area contributed by atoms with Crippen molar-refractivity contribution < 1.29 is 5.11 Å². The molecule has 2 nitrogen and oxygen atoms in total. The highest BCUT2D eigenvalue weighted by Gasteiger charge is 2.29. The van der Waals surface area contributed by atoms with Gasteiger partial charge in [0.2, 0.25) is 0 Å². The molecule has 3 rings (SSSR count). The molecule has 110 valence electrons. The van der Waals surface area contributed by atoms with Crippen molar-refractivity contribution >= 4 is 11.8 Å². The summed E-state index contributed by atoms with van der Waals surface area (Å²) in [7, 11) is 0. The van der Waals surface area contributed by atoms with Crippen LogP contribution in [0, 0.1) is 0 Å². The maximum Gasteiger partial charge on any atom is 0.0527 e. The average Bonchev–Trinajstić information content (AvgIpc) is 2.84. The van der Waals surface area contributed by atoms with Crippen molar-refractivity contribution in [2.75, 3.05) is 18.8 Å². The molecule has 2 heterocycles. The summed E-state index contributed by atoms with van der Waals surface area (Å²) >= 11 is 2.00. The number of hydrogen-bond donors (Lipinski definition) is 1. The number of piperidine rings is 1. The second-order valence-corrected chi connectivity index (χ2v) is 7.34. The highest BCUT2D eigenvalue weighted by molar-refractivity contribution is 7.99. The number of aliphatic hydroxyl groups is 1. The molecule has 1 fully saturated rings. The van der Waals surface area contributed by atoms with E-state index in [9.17, 15) is 5.11 Å². The lowest BCUT2D eigenvalue weighted by Gasteiger charge is -2.38. The average molecular weight is 291 g/mol. The monoisotopic (exact) mass is 291 g/mol. The van der Waals surface area contributed by atoms with Crippen LogP contribution in [-0.2, 0) is 0 Å². The Kier molecular flexibility index (Phi) is 4.69. The van der Waals surface area contributed by atoms with Crippen LogP contribution < -0.4 is 0 Å². The molecule has 3 heteroatoms. The molecule has 0 saturated carbocycles. The van der Waals surface area contributed by atoms with E-state index < -0.39 is 0 Å². The van der Waals surface area contributed by atoms with E-state index >= 15 is 0 Å². The zero-order chi connectivity index (χ0) is 13.9. The number of aliphatic hydroxyl groups excluding tert-OH is 1. The van der Waals surface area contributed by atoms with Gasteiger partial charge in [0.05, 0.1) is 6.10 Å². The van der Waals surface area contributed by atoms with Crippen LogP contribution in [0.1, 0.15) is 44.1 Å². The third kappa shape index (κ3) is 3.21. The number of benzene rings is 1. The van der Waals surface area contributed by atoms with Gasteiger partial charge in [0.25, 0.3) is 0 Å². The molecule has 1 saturated heterocycles. The highest BCUT2D eigenvalue weighted by Crippen LogP contribution is 2.40. The highest BCUT2D eigenvalue weighted by atomic mass is 32.2. The number of hydrogen-bond acceptors (Lipinski definition) is 3. The summed E-state index contributed by atoms with van der Waals surface area (Å²) in [4.78, 5) is 4.12. The van der Waals surface area contributed by atoms with Crippen LogP contribution in [0.4, 0.5) is 0 Å². The maximum absolute atomic E-state index is 9.71. The second kappa shape index (κ2) is 6.50. The summed E-state index contributed by atoms with van der Waals surface area (Å²) in [5.74, 6) is 1.89. The van der Waals surface area contributed by atoms with Crippen molar-refractivity contribution in [3.63, 3.8) is 0 Å². The van der Waals surface area contributed by atoms with Gasteiger partial charge in [0.15, 0.2) is 0 Å². The number of fused-ring (bicyclic) bond motifs is 1. The molecule has 0 bridgehead atoms. The van der Waals surface area contributed by atoms with Crippen LogP contribution in [0.25, 0.3) is 0 Å². The molecule has 20 heavy (non-hydrogen) atoms. The predicted octanol–water partition coefficient (Wildman–Crippen LogP) is 3.50. The van der Waals surface area contributed by atoms with Gasteiger partial charge in [-0.2, -0.15) is 0 Å². The van der Waals surface area contributed by atoms with E-state index in [1.54, 1.807) is 5.56 Å². The van der Waals surface area contributed by atoms with E-state index in [4.69, 9.17) is 0 Å². The molecule has 2 aliphatic rings. The summed E-state index contributed by atoms with van der Waals surface area (Å²) in [5, 5.41) is 9.71. The van der Waals surface area contributed by atoms with Crippen LogP contribution in [0.15, 0.2) is 29.2 Å². The zero-order valence-electron chi connectivity index (χ0n) is 12.3. The molecule has 1 aromatic carbocycles. The lowest BCUT2D eigenvalue weighted by atomic mass is 9.94. The Morgan fingerprint density at radius 2 is 2.20 bits per heavy atom. The third-order valence-corrected chi connectivity index (χ3v) is 5.87. The molecule has 3 atom stereocenters. The molecule has 1 aromatic rings. The minimum Gasteiger partial charge on any atom is -0.393 e. The fourth-order valence-electron chi connectivity index (χ4n) is 3.62. The summed E-state index contributed by atoms with van der Waals surface area (Å²) in [6.07, 6.45) is 4.65. The van der Waals surface area contributed by atoms with E-state index in [2.05, 4.69) is 29.2 Å². The molecule has 2 aliphatic heterocycles. The largest absolute Gasteiger partial charge is 0.393 e. The SMILES string of the molecule is CC(O)CC1CCCCN1CC1CSc2ccccc21. The van der Waals surface area contributed by atoms with Crippen LogP contribution >= 0.6 is 11.8 Å². The molecular formula is C17H25NOS. The fraction of sp³-hybridized carbons (Fsp3) is 0.647. The van der Waals surface area contributed by atoms with E-state index in [0.717, 1.165) is 6.42 Å². The summed E-state index contributed by atoms with van der Waals surface area (Å²) in [6, 6.07) is 9.45. The standard InChI is InChI=1S/C17H25NOS/c1-13(19)10-15-6-4-5-9-18(15)11-14-12-20-17-8-3-2-7-16(14)17/h2-3,7-8,13-15,19H,4-6,9-12H2,1H3. The molecule has 0 radical (unpaired) electrons. The Hall–Kier alpha value is -0.510. The smallest absolute Gasteiger partial charge is 0.0527 e. The van der Waals surface area contributed by atoms with Gasteiger partial charge in [0.1, 0.15) is 0 Å². The van der Waals surface area contributed by atoms with Crippen LogP contribution in [-0.4, -0.2) is 41.0 Å². The van der Waals surface area contributed by atoms with Crippen molar-refractivity contribution in [2.45, 2.75) is 55.6 Å². The summed E-state index contributed by atoms with van der Waals surface area (Å²) < 4.78 is 0. The van der Waals surface area contributed by atoms with Gasteiger partial charge in [-0.1, -0.05) is 24.6 Å². The quantitative estimate of drug-likeness (QED) is 0.918. The zero-order valence-corrected chi connectivity index (χ0v) is 13.1. The van der Waals surface area contributed by atoms with Crippen molar-refractivity contribution in [3.05, 3.63) is 29.8 Å². The Labute approximate surface area is 126 Å². The number of likely N-dealkylation sites (tertiary alicyclic amines) is 1. The minimum atomic E-state index is -0.175. The molecular weight excluding hydrogens is 266 g/mol. The molecule has 0 aliphatic carbocycles. The Bertz CT molecular complexity index is 448. The summed E-state index contributed by atoms with van der Waals surface area (Å²) in [5.41, 5.74) is 1.54. The Morgan fingerprint density at radius 3 is 3.05 bits per heavy atom. The molecule has 1 N–H and O–H groups in total. The van der Waals surface area contributed by atoms with Crippen molar-refractivity contribution in [2.24, 2.45) is 0 Å². The molecule has 0 spiro atoms. The first-order valence-electron chi connectivity index (χ1n) is 7.88. The van der Waals surface area contributed by atoms with Gasteiger partial charge in [0, 0.05) is 29.2 Å². The predicted molar refractivity (Wildman–Crippen MR) is 85.4 cm³/mol. The van der Waals surface area contributed by atoms with E-state index in [0.29, 0.717) is 12.0 Å². The van der Waals surface area contributed by atoms with Gasteiger partial charge in [-0.05, 0) is 44.4 Å². The van der Waals surface area contributed by atoms with E-state index in [1.807, 2.05) is 18.7 Å². The fourth-order valence-corrected chi connectivity index (χ4v) is 4.87. The number of nitrogens with zero attached hydrogens (tertiary/aromatic N) is 1. The normalized spacial score (nSPS) is 28.3. The second-order valence-electron chi connectivity index (χ2n) is 6.28. The number of rotatable bonds is 4. The molecule has 0 amide bonds. The first-order valence-corrected chi connectivity index (χ1v) is 8.86. The van der Waals surface area contributed by atoms with Gasteiger partial charge < -0.3 is 5.11 Å². The first-order chi connectivity index (χ1) is 9.74. The van der Waals surface area contributed by atoms with E-state index in [-0.39, 0.29) is 6.10 Å². The topological polar surface area (TPSA) is 23.5 Å². The van der Waals surface area contributed by atoms with Crippen LogP contribution in [0.5, 0.6) is 0 Å². The number of thioether (sulfide) groups is 1. The first kappa shape index (κ1) is 14.4. The molecule has 0 aromatic heterocycles. The van der Waals surface area contributed by atoms with Crippen molar-refractivity contribution in [3.8, 4) is 0 Å². The van der Waals surface area contributed by atoms with Gasteiger partial charge in [-0.3, -0.25) is 4.90 Å². The van der Waals surface area contributed by atoms with Gasteiger partial charge in [-0.25, -0.2) is 0 Å². The summed E-state index contributed by atoms with van der Waals surface area (Å²) in [6.45, 7) is 4.30. The third-order valence-electron chi connectivity index (χ3n) is 4.62. The van der Waals surface area contributed by atoms with Crippen molar-refractivity contribution in [1.29, 1.82) is 0 Å². The Balaban J connectivity index is 1.67. The molecule has 3 unspecified atom stereocenters. The minimum absolute atomic E-state index is 0.175. The van der Waals surface area contributed by atoms with Crippen LogP contribution in [0.3, 0.4) is 0 Å². The van der Waals surface area contributed by atoms with Gasteiger partial charge >= 0.3 is 0 Å². The Morgan fingerprint density at radius 1 is 1.35 bits per heavy atom. The van der Waals surface area contributed by atoms with Crippen LogP contribution in [0.2, 0.25) is 0 Å². The van der Waals surface area contributed by atoms with Gasteiger partial charge in [-0.15, -0.1) is 11.8 Å². The van der Waals surface area contributed by atoms with Crippen molar-refractivity contribution in [1.82, 2.24) is 4.90 Å². The lowest BCUT2D eigenvalue weighted by molar-refractivity contribution is 0.0837. The van der Waals surface area contributed by atoms with E-state index in [1.165, 1.54) is 43.0 Å².